The third-order valence-corrected chi connectivity index (χ3v) is 4.11. The zero-order valence-electron chi connectivity index (χ0n) is 11.9. The van der Waals surface area contributed by atoms with Gasteiger partial charge in [0.2, 0.25) is 5.88 Å². The number of hydrogen-bond donors (Lipinski definition) is 2. The Morgan fingerprint density at radius 2 is 2.05 bits per heavy atom. The number of likely N-dealkylation sites (N-methyl/N-ethyl adjacent to an activating group) is 1. The van der Waals surface area contributed by atoms with Crippen LogP contribution in [0.5, 0.6) is 5.88 Å². The van der Waals surface area contributed by atoms with Crippen LogP contribution < -0.4 is 15.8 Å². The number of nitrogens with zero attached hydrogens (tertiary/aromatic N) is 3. The average Bonchev–Trinajstić information content (AvgIpc) is 2.88. The summed E-state index contributed by atoms with van der Waals surface area (Å²) in [5.41, 5.74) is 6.64. The van der Waals surface area contributed by atoms with Crippen LogP contribution >= 0.6 is 0 Å². The van der Waals surface area contributed by atoms with E-state index in [1.54, 1.807) is 7.11 Å². The Morgan fingerprint density at radius 1 is 1.37 bits per heavy atom. The summed E-state index contributed by atoms with van der Waals surface area (Å²) in [5, 5.41) is 3.35. The SMILES string of the molecule is COc1ncnc(NCC2(N(C)C)CCCC2)c1N. The molecule has 106 valence electrons. The van der Waals surface area contributed by atoms with E-state index in [4.69, 9.17) is 10.5 Å². The van der Waals surface area contributed by atoms with Gasteiger partial charge in [-0.2, -0.15) is 4.98 Å². The molecule has 0 amide bonds. The monoisotopic (exact) mass is 265 g/mol. The molecule has 0 radical (unpaired) electrons. The number of rotatable bonds is 5. The van der Waals surface area contributed by atoms with Gasteiger partial charge in [0.05, 0.1) is 7.11 Å². The van der Waals surface area contributed by atoms with Crippen LogP contribution in [0.15, 0.2) is 6.33 Å². The van der Waals surface area contributed by atoms with Crippen molar-refractivity contribution in [3.05, 3.63) is 6.33 Å². The molecule has 0 spiro atoms. The first kappa shape index (κ1) is 13.9. The molecule has 1 fully saturated rings. The maximum absolute atomic E-state index is 5.97. The fourth-order valence-corrected chi connectivity index (χ4v) is 2.75. The van der Waals surface area contributed by atoms with E-state index in [1.807, 2.05) is 0 Å². The lowest BCUT2D eigenvalue weighted by Crippen LogP contribution is -2.47. The maximum Gasteiger partial charge on any atom is 0.242 e. The smallest absolute Gasteiger partial charge is 0.242 e. The summed E-state index contributed by atoms with van der Waals surface area (Å²) >= 11 is 0. The first-order valence-corrected chi connectivity index (χ1v) is 6.65. The second-order valence-electron chi connectivity index (χ2n) is 5.32. The van der Waals surface area contributed by atoms with Gasteiger partial charge < -0.3 is 20.7 Å². The molecule has 1 heterocycles. The van der Waals surface area contributed by atoms with E-state index < -0.39 is 0 Å². The van der Waals surface area contributed by atoms with Crippen molar-refractivity contribution in [2.24, 2.45) is 0 Å². The Labute approximate surface area is 114 Å². The van der Waals surface area contributed by atoms with Crippen LogP contribution in [0.25, 0.3) is 0 Å². The zero-order chi connectivity index (χ0) is 13.9. The quantitative estimate of drug-likeness (QED) is 0.837. The topological polar surface area (TPSA) is 76.3 Å². The minimum Gasteiger partial charge on any atom is -0.479 e. The van der Waals surface area contributed by atoms with Gasteiger partial charge in [0, 0.05) is 12.1 Å². The Hall–Kier alpha value is -1.56. The van der Waals surface area contributed by atoms with Crippen LogP contribution in [0, 0.1) is 0 Å². The van der Waals surface area contributed by atoms with E-state index in [0.717, 1.165) is 6.54 Å². The summed E-state index contributed by atoms with van der Waals surface area (Å²) < 4.78 is 5.10. The van der Waals surface area contributed by atoms with E-state index in [-0.39, 0.29) is 5.54 Å². The van der Waals surface area contributed by atoms with E-state index in [0.29, 0.717) is 17.4 Å². The molecule has 0 bridgehead atoms. The van der Waals surface area contributed by atoms with Gasteiger partial charge >= 0.3 is 0 Å². The highest BCUT2D eigenvalue weighted by Gasteiger charge is 2.35. The van der Waals surface area contributed by atoms with Crippen molar-refractivity contribution in [2.75, 3.05) is 38.8 Å². The Bertz CT molecular complexity index is 429. The van der Waals surface area contributed by atoms with Crippen LogP contribution in [0.2, 0.25) is 0 Å². The first-order chi connectivity index (χ1) is 9.09. The molecule has 0 saturated heterocycles. The molecule has 6 heteroatoms. The predicted molar refractivity (Wildman–Crippen MR) is 76.4 cm³/mol. The normalized spacial score (nSPS) is 17.7. The van der Waals surface area contributed by atoms with Crippen molar-refractivity contribution < 1.29 is 4.74 Å². The number of anilines is 2. The fraction of sp³-hybridized carbons (Fsp3) is 0.692. The molecule has 0 unspecified atom stereocenters. The van der Waals surface area contributed by atoms with Crippen molar-refractivity contribution in [2.45, 2.75) is 31.2 Å². The first-order valence-electron chi connectivity index (χ1n) is 6.65. The summed E-state index contributed by atoms with van der Waals surface area (Å²) in [7, 11) is 5.83. The van der Waals surface area contributed by atoms with Crippen LogP contribution in [0.1, 0.15) is 25.7 Å². The van der Waals surface area contributed by atoms with Crippen molar-refractivity contribution in [3.63, 3.8) is 0 Å². The predicted octanol–water partition coefficient (Wildman–Crippen LogP) is 1.35. The van der Waals surface area contributed by atoms with Crippen LogP contribution in [-0.4, -0.2) is 48.2 Å². The van der Waals surface area contributed by atoms with Crippen molar-refractivity contribution in [3.8, 4) is 5.88 Å². The molecule has 6 nitrogen and oxygen atoms in total. The maximum atomic E-state index is 5.97. The van der Waals surface area contributed by atoms with E-state index in [1.165, 1.54) is 32.0 Å². The highest BCUT2D eigenvalue weighted by molar-refractivity contribution is 5.66. The largest absolute Gasteiger partial charge is 0.479 e. The molecule has 1 saturated carbocycles. The molecule has 0 atom stereocenters. The van der Waals surface area contributed by atoms with Gasteiger partial charge in [-0.1, -0.05) is 12.8 Å². The van der Waals surface area contributed by atoms with Gasteiger partial charge in [-0.15, -0.1) is 0 Å². The van der Waals surface area contributed by atoms with E-state index in [9.17, 15) is 0 Å². The molecular weight excluding hydrogens is 242 g/mol. The van der Waals surface area contributed by atoms with Crippen molar-refractivity contribution >= 4 is 11.5 Å². The number of nitrogen functional groups attached to an aromatic ring is 1. The molecule has 0 aromatic carbocycles. The molecule has 19 heavy (non-hydrogen) atoms. The number of ether oxygens (including phenoxy) is 1. The van der Waals surface area contributed by atoms with Gasteiger partial charge in [-0.05, 0) is 26.9 Å². The third kappa shape index (κ3) is 2.73. The molecule has 1 aromatic heterocycles. The van der Waals surface area contributed by atoms with Crippen LogP contribution in [0.3, 0.4) is 0 Å². The van der Waals surface area contributed by atoms with Crippen molar-refractivity contribution in [1.82, 2.24) is 14.9 Å². The van der Waals surface area contributed by atoms with Gasteiger partial charge in [-0.25, -0.2) is 4.98 Å². The van der Waals surface area contributed by atoms with Crippen LogP contribution in [0.4, 0.5) is 11.5 Å². The number of nitrogens with one attached hydrogen (secondary N) is 1. The summed E-state index contributed by atoms with van der Waals surface area (Å²) in [5.74, 6) is 1.07. The fourth-order valence-electron chi connectivity index (χ4n) is 2.75. The van der Waals surface area contributed by atoms with Gasteiger partial charge in [0.25, 0.3) is 0 Å². The number of methoxy groups -OCH3 is 1. The summed E-state index contributed by atoms with van der Waals surface area (Å²) in [6, 6.07) is 0. The van der Waals surface area contributed by atoms with Gasteiger partial charge in [0.1, 0.15) is 12.0 Å². The second kappa shape index (κ2) is 5.61. The van der Waals surface area contributed by atoms with E-state index in [2.05, 4.69) is 34.3 Å². The summed E-state index contributed by atoms with van der Waals surface area (Å²) in [4.78, 5) is 10.5. The number of aromatic nitrogens is 2. The lowest BCUT2D eigenvalue weighted by atomic mass is 9.96. The standard InChI is InChI=1S/C13H23N5O/c1-18(2)13(6-4-5-7-13)8-15-11-10(14)12(19-3)17-9-16-11/h9H,4-8,14H2,1-3H3,(H,15,16,17). The Balaban J connectivity index is 2.09. The van der Waals surface area contributed by atoms with Crippen molar-refractivity contribution in [1.29, 1.82) is 0 Å². The summed E-state index contributed by atoms with van der Waals surface area (Å²) in [6.45, 7) is 0.838. The molecule has 2 rings (SSSR count). The minimum atomic E-state index is 0.199. The van der Waals surface area contributed by atoms with Crippen LogP contribution in [-0.2, 0) is 0 Å². The van der Waals surface area contributed by atoms with Gasteiger partial charge in [0.15, 0.2) is 5.82 Å². The molecule has 3 N–H and O–H groups in total. The molecule has 1 aliphatic carbocycles. The summed E-state index contributed by atoms with van der Waals surface area (Å²) in [6.07, 6.45) is 6.43. The second-order valence-corrected chi connectivity index (χ2v) is 5.32. The third-order valence-electron chi connectivity index (χ3n) is 4.11. The molecular formula is C13H23N5O. The average molecular weight is 265 g/mol. The minimum absolute atomic E-state index is 0.199. The molecule has 1 aliphatic rings. The molecule has 0 aliphatic heterocycles. The number of nitrogens with two attached hydrogens (primary N) is 1. The molecule has 1 aromatic rings. The van der Waals surface area contributed by atoms with Gasteiger partial charge in [-0.3, -0.25) is 0 Å². The lowest BCUT2D eigenvalue weighted by molar-refractivity contribution is 0.172. The highest BCUT2D eigenvalue weighted by Crippen LogP contribution is 2.34. The zero-order valence-corrected chi connectivity index (χ0v) is 11.9. The Kier molecular flexibility index (Phi) is 4.09. The number of hydrogen-bond acceptors (Lipinski definition) is 6. The van der Waals surface area contributed by atoms with E-state index >= 15 is 0 Å². The Morgan fingerprint density at radius 3 is 2.63 bits per heavy atom. The highest BCUT2D eigenvalue weighted by atomic mass is 16.5. The lowest BCUT2D eigenvalue weighted by Gasteiger charge is -2.36.